The molecule has 0 spiro atoms. The second-order valence-corrected chi connectivity index (χ2v) is 6.57. The zero-order valence-electron chi connectivity index (χ0n) is 14.2. The first-order valence-electron chi connectivity index (χ1n) is 8.20. The molecule has 0 saturated carbocycles. The number of benzene rings is 1. The molecule has 2 aromatic heterocycles. The number of fused-ring (bicyclic) bond motifs is 3. The van der Waals surface area contributed by atoms with E-state index < -0.39 is 5.95 Å². The highest BCUT2D eigenvalue weighted by molar-refractivity contribution is 6.08. The largest absolute Gasteiger partial charge is 0.435 e. The molecule has 0 saturated heterocycles. The Hall–Kier alpha value is -2.56. The number of furan rings is 1. The number of anilines is 1. The lowest BCUT2D eigenvalue weighted by Crippen LogP contribution is -2.39. The van der Waals surface area contributed by atoms with E-state index in [9.17, 15) is 4.39 Å². The van der Waals surface area contributed by atoms with Gasteiger partial charge in [0.05, 0.1) is 5.69 Å². The van der Waals surface area contributed by atoms with E-state index in [0.29, 0.717) is 11.8 Å². The molecule has 3 heterocycles. The van der Waals surface area contributed by atoms with E-state index in [0.717, 1.165) is 27.6 Å². The van der Waals surface area contributed by atoms with E-state index in [1.165, 1.54) is 6.07 Å². The summed E-state index contributed by atoms with van der Waals surface area (Å²) in [6.07, 6.45) is 4.37. The van der Waals surface area contributed by atoms with Gasteiger partial charge in [-0.25, -0.2) is 0 Å². The molecule has 3 aromatic rings. The summed E-state index contributed by atoms with van der Waals surface area (Å²) < 4.78 is 19.4. The van der Waals surface area contributed by atoms with Gasteiger partial charge in [-0.15, -0.1) is 0 Å². The van der Waals surface area contributed by atoms with Crippen LogP contribution in [0.2, 0.25) is 0 Å². The molecule has 5 heteroatoms. The van der Waals surface area contributed by atoms with Gasteiger partial charge in [-0.2, -0.15) is 9.37 Å². The number of aromatic nitrogens is 1. The van der Waals surface area contributed by atoms with E-state index >= 15 is 0 Å². The van der Waals surface area contributed by atoms with Gasteiger partial charge < -0.3 is 14.2 Å². The van der Waals surface area contributed by atoms with Gasteiger partial charge >= 0.3 is 0 Å². The van der Waals surface area contributed by atoms with E-state index in [4.69, 9.17) is 4.42 Å². The van der Waals surface area contributed by atoms with Gasteiger partial charge in [0.1, 0.15) is 6.17 Å². The monoisotopic (exact) mass is 325 g/mol. The SMILES string of the molecule is Cc1ccc2c(oc3nc(F)ccc32)c1N1C=CN(C(C)C)[C@@H]1C. The maximum atomic E-state index is 13.4. The van der Waals surface area contributed by atoms with Crippen molar-refractivity contribution in [1.82, 2.24) is 9.88 Å². The van der Waals surface area contributed by atoms with Crippen molar-refractivity contribution in [3.63, 3.8) is 0 Å². The van der Waals surface area contributed by atoms with Crippen LogP contribution in [0, 0.1) is 12.9 Å². The third kappa shape index (κ3) is 2.08. The van der Waals surface area contributed by atoms with Crippen molar-refractivity contribution in [3.8, 4) is 0 Å². The lowest BCUT2D eigenvalue weighted by molar-refractivity contribution is 0.263. The van der Waals surface area contributed by atoms with Gasteiger partial charge in [0.2, 0.25) is 11.7 Å². The van der Waals surface area contributed by atoms with Crippen molar-refractivity contribution in [1.29, 1.82) is 0 Å². The van der Waals surface area contributed by atoms with Crippen LogP contribution in [-0.2, 0) is 0 Å². The molecule has 0 radical (unpaired) electrons. The van der Waals surface area contributed by atoms with Crippen LogP contribution >= 0.6 is 0 Å². The average Bonchev–Trinajstić information content (AvgIpc) is 3.07. The lowest BCUT2D eigenvalue weighted by Gasteiger charge is -2.33. The Morgan fingerprint density at radius 1 is 1.12 bits per heavy atom. The Kier molecular flexibility index (Phi) is 3.27. The molecule has 124 valence electrons. The lowest BCUT2D eigenvalue weighted by atomic mass is 10.1. The van der Waals surface area contributed by atoms with Crippen molar-refractivity contribution in [2.24, 2.45) is 0 Å². The number of halogens is 1. The molecular weight excluding hydrogens is 305 g/mol. The highest BCUT2D eigenvalue weighted by Crippen LogP contribution is 2.39. The van der Waals surface area contributed by atoms with E-state index in [2.05, 4.69) is 60.9 Å². The van der Waals surface area contributed by atoms with E-state index in [1.54, 1.807) is 6.07 Å². The predicted octanol–water partition coefficient (Wildman–Crippen LogP) is 4.78. The van der Waals surface area contributed by atoms with Crippen LogP contribution in [0.5, 0.6) is 0 Å². The Bertz CT molecular complexity index is 960. The third-order valence-corrected chi connectivity index (χ3v) is 4.74. The Labute approximate surface area is 140 Å². The topological polar surface area (TPSA) is 32.5 Å². The zero-order valence-corrected chi connectivity index (χ0v) is 14.2. The minimum atomic E-state index is -0.528. The Morgan fingerprint density at radius 2 is 1.88 bits per heavy atom. The molecule has 1 aliphatic rings. The van der Waals surface area contributed by atoms with Crippen LogP contribution in [0.3, 0.4) is 0 Å². The molecule has 0 N–H and O–H groups in total. The first kappa shape index (κ1) is 15.0. The second kappa shape index (κ2) is 5.23. The molecule has 0 amide bonds. The van der Waals surface area contributed by atoms with E-state index in [1.807, 2.05) is 6.07 Å². The summed E-state index contributed by atoms with van der Waals surface area (Å²) in [7, 11) is 0. The first-order chi connectivity index (χ1) is 11.5. The molecule has 0 unspecified atom stereocenters. The highest BCUT2D eigenvalue weighted by Gasteiger charge is 2.28. The summed E-state index contributed by atoms with van der Waals surface area (Å²) in [6.45, 7) is 8.57. The number of pyridine rings is 1. The van der Waals surface area contributed by atoms with Crippen LogP contribution in [0.1, 0.15) is 26.3 Å². The number of hydrogen-bond acceptors (Lipinski definition) is 4. The van der Waals surface area contributed by atoms with Crippen molar-refractivity contribution in [3.05, 3.63) is 48.2 Å². The fourth-order valence-corrected chi connectivity index (χ4v) is 3.51. The van der Waals surface area contributed by atoms with Gasteiger partial charge in [0.15, 0.2) is 5.58 Å². The second-order valence-electron chi connectivity index (χ2n) is 6.57. The van der Waals surface area contributed by atoms with Crippen molar-refractivity contribution >= 4 is 27.8 Å². The molecule has 1 aromatic carbocycles. The smallest absolute Gasteiger partial charge is 0.230 e. The standard InChI is InChI=1S/C19H20FN3O/c1-11(2)22-9-10-23(13(22)4)17-12(3)5-6-14-15-7-8-16(20)21-19(15)24-18(14)17/h5-11,13H,1-4H3/t13-/m0/s1. The molecule has 0 bridgehead atoms. The molecule has 0 aliphatic carbocycles. The molecule has 24 heavy (non-hydrogen) atoms. The van der Waals surface area contributed by atoms with Gasteiger partial charge in [-0.05, 0) is 45.4 Å². The Balaban J connectivity index is 1.94. The molecule has 1 aliphatic heterocycles. The molecule has 1 atom stereocenters. The summed E-state index contributed by atoms with van der Waals surface area (Å²) in [5.74, 6) is -0.528. The van der Waals surface area contributed by atoms with Crippen molar-refractivity contribution < 1.29 is 8.81 Å². The average molecular weight is 325 g/mol. The summed E-state index contributed by atoms with van der Waals surface area (Å²) in [4.78, 5) is 8.39. The van der Waals surface area contributed by atoms with Gasteiger partial charge in [0.25, 0.3) is 0 Å². The third-order valence-electron chi connectivity index (χ3n) is 4.74. The summed E-state index contributed by atoms with van der Waals surface area (Å²) in [5, 5.41) is 1.80. The maximum Gasteiger partial charge on any atom is 0.230 e. The predicted molar refractivity (Wildman–Crippen MR) is 94.3 cm³/mol. The van der Waals surface area contributed by atoms with Crippen molar-refractivity contribution in [2.75, 3.05) is 4.90 Å². The maximum absolute atomic E-state index is 13.4. The fourth-order valence-electron chi connectivity index (χ4n) is 3.51. The molecule has 0 fully saturated rings. The minimum Gasteiger partial charge on any atom is -0.435 e. The molecule has 4 rings (SSSR count). The summed E-state index contributed by atoms with van der Waals surface area (Å²) in [5.41, 5.74) is 3.22. The van der Waals surface area contributed by atoms with Gasteiger partial charge in [-0.1, -0.05) is 12.1 Å². The fraction of sp³-hybridized carbons (Fsp3) is 0.316. The van der Waals surface area contributed by atoms with Crippen LogP contribution in [0.4, 0.5) is 10.1 Å². The first-order valence-corrected chi connectivity index (χ1v) is 8.20. The minimum absolute atomic E-state index is 0.187. The highest BCUT2D eigenvalue weighted by atomic mass is 19.1. The number of hydrogen-bond donors (Lipinski definition) is 0. The van der Waals surface area contributed by atoms with Crippen LogP contribution in [0.15, 0.2) is 41.1 Å². The van der Waals surface area contributed by atoms with Crippen LogP contribution in [0.25, 0.3) is 22.1 Å². The normalized spacial score (nSPS) is 17.8. The Morgan fingerprint density at radius 3 is 2.58 bits per heavy atom. The van der Waals surface area contributed by atoms with Crippen LogP contribution in [-0.4, -0.2) is 22.1 Å². The van der Waals surface area contributed by atoms with Crippen LogP contribution < -0.4 is 4.90 Å². The van der Waals surface area contributed by atoms with Gasteiger partial charge in [-0.3, -0.25) is 0 Å². The zero-order chi connectivity index (χ0) is 17.0. The summed E-state index contributed by atoms with van der Waals surface area (Å²) in [6, 6.07) is 7.60. The van der Waals surface area contributed by atoms with E-state index in [-0.39, 0.29) is 6.17 Å². The molecular formula is C19H20FN3O. The quantitative estimate of drug-likeness (QED) is 0.635. The number of rotatable bonds is 2. The number of nitrogens with zero attached hydrogens (tertiary/aromatic N) is 3. The summed E-state index contributed by atoms with van der Waals surface area (Å²) >= 11 is 0. The number of aryl methyl sites for hydroxylation is 1. The van der Waals surface area contributed by atoms with Crippen molar-refractivity contribution in [2.45, 2.75) is 39.9 Å². The van der Waals surface area contributed by atoms with Gasteiger partial charge in [0, 0.05) is 29.2 Å². The molecule has 4 nitrogen and oxygen atoms in total.